The number of nitrogens with zero attached hydrogens (tertiary/aromatic N) is 4. The van der Waals surface area contributed by atoms with E-state index in [-0.39, 0.29) is 0 Å². The van der Waals surface area contributed by atoms with Crippen molar-refractivity contribution in [3.63, 3.8) is 0 Å². The fraction of sp³-hybridized carbons (Fsp3) is 0.375. The molecule has 0 saturated heterocycles. The SMILES string of the molecule is CCCc1cc(OCCCCCCOc2cc(CCC)nc(-c3ccccc3)n2)nc(-c2ccccc2)n1. The van der Waals surface area contributed by atoms with Crippen LogP contribution in [0, 0.1) is 0 Å². The van der Waals surface area contributed by atoms with Crippen LogP contribution in [-0.2, 0) is 12.8 Å². The second-order valence-corrected chi connectivity index (χ2v) is 9.39. The Morgan fingerprint density at radius 3 is 1.34 bits per heavy atom. The first-order valence-corrected chi connectivity index (χ1v) is 13.9. The maximum Gasteiger partial charge on any atom is 0.217 e. The molecule has 2 aromatic carbocycles. The minimum Gasteiger partial charge on any atom is -0.478 e. The van der Waals surface area contributed by atoms with Crippen LogP contribution in [0.5, 0.6) is 11.8 Å². The lowest BCUT2D eigenvalue weighted by Gasteiger charge is -2.10. The summed E-state index contributed by atoms with van der Waals surface area (Å²) in [5, 5.41) is 0. The molecule has 38 heavy (non-hydrogen) atoms. The lowest BCUT2D eigenvalue weighted by Crippen LogP contribution is -2.05. The van der Waals surface area contributed by atoms with E-state index in [1.807, 2.05) is 72.8 Å². The van der Waals surface area contributed by atoms with E-state index in [2.05, 4.69) is 23.8 Å². The zero-order valence-corrected chi connectivity index (χ0v) is 22.6. The van der Waals surface area contributed by atoms with Crippen LogP contribution >= 0.6 is 0 Å². The maximum atomic E-state index is 6.02. The number of benzene rings is 2. The number of aromatic nitrogens is 4. The van der Waals surface area contributed by atoms with Crippen molar-refractivity contribution < 1.29 is 9.47 Å². The highest BCUT2D eigenvalue weighted by Crippen LogP contribution is 2.21. The van der Waals surface area contributed by atoms with Crippen molar-refractivity contribution in [1.82, 2.24) is 19.9 Å². The van der Waals surface area contributed by atoms with Crippen LogP contribution in [0.4, 0.5) is 0 Å². The lowest BCUT2D eigenvalue weighted by molar-refractivity contribution is 0.277. The third-order valence-electron chi connectivity index (χ3n) is 6.13. The van der Waals surface area contributed by atoms with Gasteiger partial charge >= 0.3 is 0 Å². The first-order chi connectivity index (χ1) is 18.7. The first kappa shape index (κ1) is 27.2. The van der Waals surface area contributed by atoms with Gasteiger partial charge in [-0.05, 0) is 38.5 Å². The van der Waals surface area contributed by atoms with Crippen molar-refractivity contribution in [1.29, 1.82) is 0 Å². The van der Waals surface area contributed by atoms with Gasteiger partial charge in [-0.2, -0.15) is 9.97 Å². The highest BCUT2D eigenvalue weighted by atomic mass is 16.5. The Kier molecular flexibility index (Phi) is 10.6. The number of rotatable bonds is 15. The molecule has 4 rings (SSSR count). The molecule has 6 heteroatoms. The molecule has 0 aliphatic heterocycles. The molecule has 2 heterocycles. The van der Waals surface area contributed by atoms with E-state index in [0.29, 0.717) is 25.0 Å². The molecule has 0 aliphatic carbocycles. The standard InChI is InChI=1S/C32H38N4O2/c1-3-15-27-23-29(35-31(33-27)25-17-9-7-10-18-25)37-21-13-5-6-14-22-38-30-24-28(16-4-2)34-32(36-30)26-19-11-8-12-20-26/h7-12,17-20,23-24H,3-6,13-16,21-22H2,1-2H3. The number of aryl methyl sites for hydroxylation is 2. The topological polar surface area (TPSA) is 70.0 Å². The molecule has 0 fully saturated rings. The molecule has 0 saturated carbocycles. The molecule has 0 bridgehead atoms. The lowest BCUT2D eigenvalue weighted by atomic mass is 10.2. The molecule has 0 aliphatic rings. The van der Waals surface area contributed by atoms with Gasteiger partial charge in [-0.25, -0.2) is 9.97 Å². The van der Waals surface area contributed by atoms with Gasteiger partial charge in [0.1, 0.15) is 0 Å². The summed E-state index contributed by atoms with van der Waals surface area (Å²) in [6.07, 6.45) is 7.99. The van der Waals surface area contributed by atoms with Crippen LogP contribution in [-0.4, -0.2) is 33.1 Å². The predicted molar refractivity (Wildman–Crippen MR) is 152 cm³/mol. The van der Waals surface area contributed by atoms with Crippen molar-refractivity contribution >= 4 is 0 Å². The van der Waals surface area contributed by atoms with Crippen molar-refractivity contribution in [3.8, 4) is 34.5 Å². The van der Waals surface area contributed by atoms with E-state index in [1.54, 1.807) is 0 Å². The molecular formula is C32H38N4O2. The Hall–Kier alpha value is -3.80. The van der Waals surface area contributed by atoms with Crippen molar-refractivity contribution in [2.75, 3.05) is 13.2 Å². The fourth-order valence-corrected chi connectivity index (χ4v) is 4.21. The monoisotopic (exact) mass is 510 g/mol. The van der Waals surface area contributed by atoms with E-state index in [4.69, 9.17) is 19.4 Å². The summed E-state index contributed by atoms with van der Waals surface area (Å²) in [6.45, 7) is 5.60. The van der Waals surface area contributed by atoms with Crippen LogP contribution in [0.1, 0.15) is 63.8 Å². The summed E-state index contributed by atoms with van der Waals surface area (Å²) in [4.78, 5) is 18.7. The second-order valence-electron chi connectivity index (χ2n) is 9.39. The summed E-state index contributed by atoms with van der Waals surface area (Å²) >= 11 is 0. The molecule has 0 atom stereocenters. The van der Waals surface area contributed by atoms with E-state index >= 15 is 0 Å². The Morgan fingerprint density at radius 2 is 0.947 bits per heavy atom. The molecule has 6 nitrogen and oxygen atoms in total. The molecule has 4 aromatic rings. The van der Waals surface area contributed by atoms with Crippen LogP contribution in [0.25, 0.3) is 22.8 Å². The van der Waals surface area contributed by atoms with E-state index < -0.39 is 0 Å². The van der Waals surface area contributed by atoms with E-state index in [0.717, 1.165) is 85.5 Å². The van der Waals surface area contributed by atoms with Gasteiger partial charge in [-0.15, -0.1) is 0 Å². The number of ether oxygens (including phenoxy) is 2. The summed E-state index contributed by atoms with van der Waals surface area (Å²) < 4.78 is 12.0. The van der Waals surface area contributed by atoms with Gasteiger partial charge in [0.25, 0.3) is 0 Å². The molecule has 0 spiro atoms. The molecule has 0 N–H and O–H groups in total. The third kappa shape index (κ3) is 8.37. The molecule has 0 unspecified atom stereocenters. The van der Waals surface area contributed by atoms with Crippen LogP contribution in [0.2, 0.25) is 0 Å². The summed E-state index contributed by atoms with van der Waals surface area (Å²) in [5.41, 5.74) is 4.07. The van der Waals surface area contributed by atoms with Crippen LogP contribution in [0.15, 0.2) is 72.8 Å². The van der Waals surface area contributed by atoms with Crippen molar-refractivity contribution in [2.24, 2.45) is 0 Å². The average molecular weight is 511 g/mol. The zero-order chi connectivity index (χ0) is 26.4. The highest BCUT2D eigenvalue weighted by Gasteiger charge is 2.09. The van der Waals surface area contributed by atoms with Crippen LogP contribution in [0.3, 0.4) is 0 Å². The molecular weight excluding hydrogens is 472 g/mol. The fourth-order valence-electron chi connectivity index (χ4n) is 4.21. The van der Waals surface area contributed by atoms with Gasteiger partial charge in [-0.3, -0.25) is 0 Å². The largest absolute Gasteiger partial charge is 0.478 e. The number of unbranched alkanes of at least 4 members (excludes halogenated alkanes) is 3. The van der Waals surface area contributed by atoms with E-state index in [1.165, 1.54) is 0 Å². The zero-order valence-electron chi connectivity index (χ0n) is 22.6. The van der Waals surface area contributed by atoms with Gasteiger partial charge in [0.2, 0.25) is 11.8 Å². The predicted octanol–water partition coefficient (Wildman–Crippen LogP) is 7.52. The summed E-state index contributed by atoms with van der Waals surface area (Å²) in [6, 6.07) is 24.1. The van der Waals surface area contributed by atoms with Crippen LogP contribution < -0.4 is 9.47 Å². The molecule has 0 amide bonds. The maximum absolute atomic E-state index is 6.02. The smallest absolute Gasteiger partial charge is 0.217 e. The van der Waals surface area contributed by atoms with Gasteiger partial charge in [-0.1, -0.05) is 87.4 Å². The van der Waals surface area contributed by atoms with Gasteiger partial charge in [0.05, 0.1) is 13.2 Å². The quantitative estimate of drug-likeness (QED) is 0.154. The Bertz CT molecular complexity index is 1150. The minimum absolute atomic E-state index is 0.643. The molecule has 198 valence electrons. The second kappa shape index (κ2) is 14.8. The van der Waals surface area contributed by atoms with Gasteiger partial charge in [0, 0.05) is 34.6 Å². The Balaban J connectivity index is 1.22. The molecule has 0 radical (unpaired) electrons. The molecule has 2 aromatic heterocycles. The van der Waals surface area contributed by atoms with E-state index in [9.17, 15) is 0 Å². The minimum atomic E-state index is 0.643. The Labute approximate surface area is 226 Å². The first-order valence-electron chi connectivity index (χ1n) is 13.9. The van der Waals surface area contributed by atoms with Gasteiger partial charge < -0.3 is 9.47 Å². The third-order valence-corrected chi connectivity index (χ3v) is 6.13. The summed E-state index contributed by atoms with van der Waals surface area (Å²) in [5.74, 6) is 2.77. The number of hydrogen-bond acceptors (Lipinski definition) is 6. The van der Waals surface area contributed by atoms with Crippen molar-refractivity contribution in [3.05, 3.63) is 84.2 Å². The highest BCUT2D eigenvalue weighted by molar-refractivity contribution is 5.56. The Morgan fingerprint density at radius 1 is 0.526 bits per heavy atom. The number of hydrogen-bond donors (Lipinski definition) is 0. The normalized spacial score (nSPS) is 10.9. The van der Waals surface area contributed by atoms with Crippen molar-refractivity contribution in [2.45, 2.75) is 65.2 Å². The summed E-state index contributed by atoms with van der Waals surface area (Å²) in [7, 11) is 0. The van der Waals surface area contributed by atoms with Gasteiger partial charge in [0.15, 0.2) is 11.6 Å². The average Bonchev–Trinajstić information content (AvgIpc) is 2.95.